The van der Waals surface area contributed by atoms with Gasteiger partial charge in [0, 0.05) is 41.9 Å². The number of hydrogen-bond acceptors (Lipinski definition) is 2. The van der Waals surface area contributed by atoms with Crippen LogP contribution in [0.5, 0.6) is 0 Å². The molecule has 0 saturated heterocycles. The SMILES string of the molecule is C=C(O)NCC(/C=C\C)CCC1c2ccccc2-c2cc(CC3CCCCC3)c([Si](C)(C)C)c[n+]2C1C(=C)[n+]1ccc(CC2CCCCC2)cc1CC. The predicted octanol–water partition coefficient (Wildman–Crippen LogP) is 10.7. The highest BCUT2D eigenvalue weighted by Crippen LogP contribution is 2.44. The van der Waals surface area contributed by atoms with Gasteiger partial charge in [-0.1, -0.05) is 121 Å². The number of hydrogen-bond donors (Lipinski definition) is 2. The van der Waals surface area contributed by atoms with E-state index in [0.717, 1.165) is 31.1 Å². The van der Waals surface area contributed by atoms with Crippen LogP contribution in [0.1, 0.15) is 125 Å². The van der Waals surface area contributed by atoms with Crippen LogP contribution in [0.15, 0.2) is 86.1 Å². The maximum Gasteiger partial charge on any atom is 0.249 e. The number of aromatic nitrogens is 2. The van der Waals surface area contributed by atoms with E-state index >= 15 is 0 Å². The fraction of sp³-hybridized carbons (Fsp3) is 0.542. The van der Waals surface area contributed by atoms with Gasteiger partial charge in [-0.05, 0) is 86.3 Å². The Labute approximate surface area is 323 Å². The van der Waals surface area contributed by atoms with Gasteiger partial charge in [0.05, 0.1) is 14.0 Å². The molecule has 2 aliphatic carbocycles. The van der Waals surface area contributed by atoms with Crippen LogP contribution in [-0.4, -0.2) is 19.7 Å². The van der Waals surface area contributed by atoms with E-state index in [9.17, 15) is 5.11 Å². The molecule has 1 aliphatic heterocycles. The van der Waals surface area contributed by atoms with E-state index in [-0.39, 0.29) is 23.8 Å². The molecule has 1 aromatic carbocycles. The number of pyridine rings is 2. The standard InChI is InChI=1S/C48H68N3OSi/c1-8-18-39(33-49-36(4)52)25-26-45-43-23-16-17-24-44(43)46-32-41(30-38-21-14-11-15-22-38)47(53(5,6)7)34-51(46)48(45)35(3)50-28-27-40(31-42(50)9-2)29-37-19-12-10-13-20-37/h8,16-18,23-24,27-28,31-32,34,37-39,45,48-49H,3-4,9-15,19-22,25-26,29-30,33H2,1-2,5-7H3/q+1/p+1/b18-8-. The number of nitrogens with one attached hydrogen (secondary N) is 1. The second kappa shape index (κ2) is 17.8. The Balaban J connectivity index is 1.46. The van der Waals surface area contributed by atoms with Crippen molar-refractivity contribution in [1.82, 2.24) is 5.32 Å². The minimum Gasteiger partial charge on any atom is -0.495 e. The molecule has 3 atom stereocenters. The van der Waals surface area contributed by atoms with Crippen LogP contribution in [0.2, 0.25) is 19.6 Å². The van der Waals surface area contributed by atoms with Crippen LogP contribution in [0, 0.1) is 17.8 Å². The molecule has 5 heteroatoms. The summed E-state index contributed by atoms with van der Waals surface area (Å²) < 4.78 is 5.13. The van der Waals surface area contributed by atoms with Crippen molar-refractivity contribution in [2.24, 2.45) is 17.8 Å². The first-order chi connectivity index (χ1) is 25.6. The highest BCUT2D eigenvalue weighted by Gasteiger charge is 2.47. The van der Waals surface area contributed by atoms with E-state index in [1.165, 1.54) is 111 Å². The van der Waals surface area contributed by atoms with Crippen LogP contribution in [0.25, 0.3) is 17.0 Å². The third-order valence-electron chi connectivity index (χ3n) is 12.8. The average Bonchev–Trinajstić information content (AvgIpc) is 3.15. The highest BCUT2D eigenvalue weighted by atomic mass is 28.3. The second-order valence-electron chi connectivity index (χ2n) is 17.7. The van der Waals surface area contributed by atoms with Crippen molar-refractivity contribution in [3.8, 4) is 11.3 Å². The van der Waals surface area contributed by atoms with E-state index in [2.05, 4.69) is 122 Å². The zero-order chi connectivity index (χ0) is 37.5. The first-order valence-electron chi connectivity index (χ1n) is 21.2. The van der Waals surface area contributed by atoms with Gasteiger partial charge in [-0.15, -0.1) is 0 Å². The van der Waals surface area contributed by atoms with Crippen LogP contribution in [0.4, 0.5) is 0 Å². The number of aryl methyl sites for hydroxylation is 1. The summed E-state index contributed by atoms with van der Waals surface area (Å²) in [6, 6.07) is 16.8. The molecule has 3 heterocycles. The minimum atomic E-state index is -1.70. The molecule has 2 saturated carbocycles. The molecule has 3 aliphatic rings. The summed E-state index contributed by atoms with van der Waals surface area (Å²) in [4.78, 5) is 0. The molecule has 0 amide bonds. The third-order valence-corrected chi connectivity index (χ3v) is 14.9. The molecule has 6 rings (SSSR count). The Morgan fingerprint density at radius 1 is 0.943 bits per heavy atom. The molecule has 0 spiro atoms. The van der Waals surface area contributed by atoms with Crippen LogP contribution < -0.4 is 19.6 Å². The van der Waals surface area contributed by atoms with Gasteiger partial charge in [-0.3, -0.25) is 0 Å². The van der Waals surface area contributed by atoms with Gasteiger partial charge < -0.3 is 10.4 Å². The van der Waals surface area contributed by atoms with Gasteiger partial charge in [0.25, 0.3) is 0 Å². The molecular weight excluding hydrogens is 663 g/mol. The number of allylic oxidation sites excluding steroid dienone is 2. The van der Waals surface area contributed by atoms with Gasteiger partial charge in [0.1, 0.15) is 0 Å². The first-order valence-corrected chi connectivity index (χ1v) is 24.7. The number of aliphatic hydroxyl groups excluding tert-OH is 1. The Hall–Kier alpha value is -3.44. The minimum absolute atomic E-state index is 0.0385. The third kappa shape index (κ3) is 9.45. The van der Waals surface area contributed by atoms with Gasteiger partial charge in [0.15, 0.2) is 24.0 Å². The first kappa shape index (κ1) is 39.3. The molecule has 0 bridgehead atoms. The van der Waals surface area contributed by atoms with Crippen LogP contribution in [-0.2, 0) is 19.3 Å². The van der Waals surface area contributed by atoms with Crippen molar-refractivity contribution in [3.63, 3.8) is 0 Å². The van der Waals surface area contributed by atoms with Gasteiger partial charge >= 0.3 is 0 Å². The largest absolute Gasteiger partial charge is 0.495 e. The van der Waals surface area contributed by atoms with E-state index in [1.54, 1.807) is 10.8 Å². The van der Waals surface area contributed by atoms with Crippen molar-refractivity contribution in [2.75, 3.05) is 6.54 Å². The van der Waals surface area contributed by atoms with Gasteiger partial charge in [-0.2, -0.15) is 9.13 Å². The zero-order valence-electron chi connectivity index (χ0n) is 33.8. The average molecular weight is 732 g/mol. The summed E-state index contributed by atoms with van der Waals surface area (Å²) >= 11 is 0. The summed E-state index contributed by atoms with van der Waals surface area (Å²) in [5, 5.41) is 14.6. The number of nitrogens with zero attached hydrogens (tertiary/aromatic N) is 2. The van der Waals surface area contributed by atoms with Crippen molar-refractivity contribution in [1.29, 1.82) is 0 Å². The molecule has 3 aromatic rings. The van der Waals surface area contributed by atoms with E-state index < -0.39 is 8.07 Å². The van der Waals surface area contributed by atoms with Gasteiger partial charge in [-0.25, -0.2) is 0 Å². The quantitative estimate of drug-likeness (QED) is 0.0707. The fourth-order valence-electron chi connectivity index (χ4n) is 10.1. The highest BCUT2D eigenvalue weighted by molar-refractivity contribution is 6.89. The lowest BCUT2D eigenvalue weighted by molar-refractivity contribution is -0.729. The molecule has 2 fully saturated rings. The summed E-state index contributed by atoms with van der Waals surface area (Å²) in [5.41, 5.74) is 9.78. The number of benzene rings is 1. The molecule has 2 aromatic heterocycles. The zero-order valence-corrected chi connectivity index (χ0v) is 34.8. The van der Waals surface area contributed by atoms with Crippen LogP contribution in [0.3, 0.4) is 0 Å². The van der Waals surface area contributed by atoms with Crippen molar-refractivity contribution in [2.45, 2.75) is 142 Å². The van der Waals surface area contributed by atoms with Crippen molar-refractivity contribution >= 4 is 19.0 Å². The topological polar surface area (TPSA) is 40.0 Å². The normalized spacial score (nSPS) is 20.2. The summed E-state index contributed by atoms with van der Waals surface area (Å²) in [6.45, 7) is 21.4. The lowest BCUT2D eigenvalue weighted by Gasteiger charge is -2.33. The number of aliphatic hydroxyl groups is 1. The molecule has 4 nitrogen and oxygen atoms in total. The Bertz CT molecular complexity index is 1760. The Kier molecular flexibility index (Phi) is 13.2. The second-order valence-corrected chi connectivity index (χ2v) is 22.8. The van der Waals surface area contributed by atoms with E-state index in [1.807, 2.05) is 0 Å². The van der Waals surface area contributed by atoms with Gasteiger partial charge in [0.2, 0.25) is 17.4 Å². The summed E-state index contributed by atoms with van der Waals surface area (Å²) in [6.07, 6.45) is 28.6. The van der Waals surface area contributed by atoms with Crippen molar-refractivity contribution in [3.05, 3.63) is 108 Å². The maximum atomic E-state index is 9.90. The lowest BCUT2D eigenvalue weighted by Crippen LogP contribution is -2.57. The molecule has 2 N–H and O–H groups in total. The molecule has 3 unspecified atom stereocenters. The Morgan fingerprint density at radius 3 is 2.26 bits per heavy atom. The number of fused-ring (bicyclic) bond motifs is 3. The van der Waals surface area contributed by atoms with E-state index in [4.69, 9.17) is 6.58 Å². The van der Waals surface area contributed by atoms with E-state index in [0.29, 0.717) is 6.54 Å². The molecule has 0 radical (unpaired) electrons. The smallest absolute Gasteiger partial charge is 0.249 e. The maximum absolute atomic E-state index is 9.90. The van der Waals surface area contributed by atoms with Crippen molar-refractivity contribution < 1.29 is 14.2 Å². The molecule has 53 heavy (non-hydrogen) atoms. The molecule has 284 valence electrons. The predicted molar refractivity (Wildman–Crippen MR) is 226 cm³/mol. The fourth-order valence-corrected chi connectivity index (χ4v) is 11.7. The Morgan fingerprint density at radius 2 is 1.62 bits per heavy atom. The summed E-state index contributed by atoms with van der Waals surface area (Å²) in [5.74, 6) is 2.18. The monoisotopic (exact) mass is 732 g/mol. The molecular formula is C48H69N3OSi+2. The number of rotatable bonds is 15. The van der Waals surface area contributed by atoms with Crippen LogP contribution >= 0.6 is 0 Å². The lowest BCUT2D eigenvalue weighted by atomic mass is 9.77. The summed E-state index contributed by atoms with van der Waals surface area (Å²) in [7, 11) is -1.70.